The lowest BCUT2D eigenvalue weighted by atomic mass is 10.00. The summed E-state index contributed by atoms with van der Waals surface area (Å²) < 4.78 is 33.4. The van der Waals surface area contributed by atoms with Crippen LogP contribution < -0.4 is 11.2 Å². The van der Waals surface area contributed by atoms with Gasteiger partial charge < -0.3 is 34.8 Å². The lowest BCUT2D eigenvalue weighted by Crippen LogP contribution is -2.58. The fourth-order valence-corrected chi connectivity index (χ4v) is 4.21. The normalized spacial score (nSPS) is 35.5. The lowest BCUT2D eigenvalue weighted by Gasteiger charge is -2.38. The van der Waals surface area contributed by atoms with Crippen molar-refractivity contribution in [2.24, 2.45) is 5.11 Å². The summed E-state index contributed by atoms with van der Waals surface area (Å²) in [6, 6.07) is -0.899. The summed E-state index contributed by atoms with van der Waals surface area (Å²) in [5, 5.41) is 42.0. The number of aliphatic hydroxyl groups is 4. The highest BCUT2D eigenvalue weighted by molar-refractivity contribution is 7.47. The minimum atomic E-state index is -4.80. The molecule has 1 aromatic rings. The van der Waals surface area contributed by atoms with Crippen molar-refractivity contribution in [3.8, 4) is 0 Å². The molecule has 34 heavy (non-hydrogen) atoms. The van der Waals surface area contributed by atoms with Gasteiger partial charge in [0, 0.05) is 23.1 Å². The van der Waals surface area contributed by atoms with Crippen LogP contribution in [-0.2, 0) is 23.1 Å². The zero-order chi connectivity index (χ0) is 25.2. The molecule has 2 saturated heterocycles. The van der Waals surface area contributed by atoms with Crippen molar-refractivity contribution >= 4 is 7.82 Å². The van der Waals surface area contributed by atoms with Gasteiger partial charge >= 0.3 is 13.5 Å². The second-order valence-electron chi connectivity index (χ2n) is 7.71. The number of aryl methyl sites for hydroxylation is 1. The van der Waals surface area contributed by atoms with Crippen LogP contribution in [-0.4, -0.2) is 90.9 Å². The molecule has 0 aliphatic carbocycles. The van der Waals surface area contributed by atoms with Gasteiger partial charge in [-0.3, -0.25) is 23.4 Å². The summed E-state index contributed by atoms with van der Waals surface area (Å²) in [7, 11) is -4.80. The number of phosphoric ester groups is 1. The van der Waals surface area contributed by atoms with Crippen molar-refractivity contribution < 1.29 is 48.4 Å². The Morgan fingerprint density at radius 1 is 1.18 bits per heavy atom. The van der Waals surface area contributed by atoms with Gasteiger partial charge in [0.05, 0.1) is 25.4 Å². The zero-order valence-corrected chi connectivity index (χ0v) is 18.5. The predicted molar refractivity (Wildman–Crippen MR) is 108 cm³/mol. The number of hydrogen-bond acceptors (Lipinski definition) is 12. The van der Waals surface area contributed by atoms with Gasteiger partial charge in [-0.05, 0) is 12.5 Å². The standard InChI is InChI=1S/C16H24N5O12P/c1-6-3-21(16(27)18-14(6)25)10-2-7(19-20-17)8(32-10)4-30-34(28,29)31-5-9-11(22)12(23)13(24)15(26)33-9/h3,7-13,15,22-24,26H,2,4-5H2,1H3,(H,28,29)(H,18,25,27)/t7?,8?,9-,10?,11-,12+,13+,15+/m1/s1. The largest absolute Gasteiger partial charge is 0.472 e. The predicted octanol–water partition coefficient (Wildman–Crippen LogP) is -2.26. The van der Waals surface area contributed by atoms with Crippen LogP contribution >= 0.6 is 7.82 Å². The van der Waals surface area contributed by atoms with Crippen molar-refractivity contribution in [1.82, 2.24) is 9.55 Å². The van der Waals surface area contributed by atoms with Crippen LogP contribution in [0.15, 0.2) is 20.9 Å². The summed E-state index contributed by atoms with van der Waals surface area (Å²) in [6.45, 7) is 0.0686. The number of nitrogens with zero attached hydrogens (tertiary/aromatic N) is 4. The van der Waals surface area contributed by atoms with Crippen LogP contribution in [0.4, 0.5) is 0 Å². The van der Waals surface area contributed by atoms with E-state index < -0.39 is 81.4 Å². The third-order valence-electron chi connectivity index (χ3n) is 5.35. The van der Waals surface area contributed by atoms with Crippen LogP contribution in [0.3, 0.4) is 0 Å². The van der Waals surface area contributed by atoms with E-state index in [1.54, 1.807) is 0 Å². The molecule has 2 fully saturated rings. The molecule has 0 amide bonds. The number of nitrogens with one attached hydrogen (secondary N) is 1. The number of ether oxygens (including phenoxy) is 2. The van der Waals surface area contributed by atoms with Gasteiger partial charge in [-0.2, -0.15) is 0 Å². The van der Waals surface area contributed by atoms with E-state index >= 15 is 0 Å². The molecule has 0 radical (unpaired) electrons. The highest BCUT2D eigenvalue weighted by Crippen LogP contribution is 2.45. The Morgan fingerprint density at radius 3 is 2.47 bits per heavy atom. The van der Waals surface area contributed by atoms with E-state index in [0.717, 1.165) is 4.57 Å². The minimum absolute atomic E-state index is 0.000272. The highest BCUT2D eigenvalue weighted by atomic mass is 31.2. The third-order valence-corrected chi connectivity index (χ3v) is 6.30. The van der Waals surface area contributed by atoms with Gasteiger partial charge in [-0.1, -0.05) is 5.11 Å². The summed E-state index contributed by atoms with van der Waals surface area (Å²) in [6.07, 6.45) is -9.40. The SMILES string of the molecule is Cc1cn(C2CC(N=[N+]=[N-])C(COP(=O)(O)OC[C@H]3O[C@H](O)[C@@H](O)[C@@H](O)[C@@H]3O)O2)c(=O)[nH]c1=O. The molecular formula is C16H24N5O12P. The first-order chi connectivity index (χ1) is 15.9. The molecule has 1 aromatic heterocycles. The Balaban J connectivity index is 1.62. The first kappa shape index (κ1) is 26.5. The van der Waals surface area contributed by atoms with Gasteiger partial charge in [-0.25, -0.2) is 9.36 Å². The second-order valence-corrected chi connectivity index (χ2v) is 9.17. The second kappa shape index (κ2) is 10.6. The number of aromatic amines is 1. The number of hydrogen-bond donors (Lipinski definition) is 6. The molecule has 2 aliphatic rings. The van der Waals surface area contributed by atoms with Crippen LogP contribution in [0.25, 0.3) is 10.4 Å². The minimum Gasteiger partial charge on any atom is -0.387 e. The van der Waals surface area contributed by atoms with E-state index in [9.17, 15) is 39.5 Å². The van der Waals surface area contributed by atoms with Gasteiger partial charge in [0.1, 0.15) is 30.6 Å². The molecule has 3 rings (SSSR count). The summed E-state index contributed by atoms with van der Waals surface area (Å²) in [5.41, 5.74) is 7.68. The van der Waals surface area contributed by atoms with Crippen LogP contribution in [0.2, 0.25) is 0 Å². The number of H-pyrrole nitrogens is 1. The molecule has 17 nitrogen and oxygen atoms in total. The molecule has 9 atom stereocenters. The molecule has 2 aliphatic heterocycles. The maximum Gasteiger partial charge on any atom is 0.472 e. The van der Waals surface area contributed by atoms with Crippen molar-refractivity contribution in [2.75, 3.05) is 13.2 Å². The number of phosphoric acid groups is 1. The summed E-state index contributed by atoms with van der Waals surface area (Å²) in [4.78, 5) is 38.4. The van der Waals surface area contributed by atoms with E-state index in [-0.39, 0.29) is 12.0 Å². The quantitative estimate of drug-likeness (QED) is 0.0939. The Kier molecular flexibility index (Phi) is 8.28. The molecule has 0 spiro atoms. The van der Waals surface area contributed by atoms with E-state index in [0.29, 0.717) is 0 Å². The number of aromatic nitrogens is 2. The molecule has 3 heterocycles. The van der Waals surface area contributed by atoms with Crippen molar-refractivity contribution in [3.05, 3.63) is 43.0 Å². The molecule has 4 unspecified atom stereocenters. The maximum absolute atomic E-state index is 12.2. The number of azide groups is 1. The molecule has 6 N–H and O–H groups in total. The topological polar surface area (TPSA) is 259 Å². The van der Waals surface area contributed by atoms with Gasteiger partial charge in [0.15, 0.2) is 6.29 Å². The molecule has 0 aromatic carbocycles. The van der Waals surface area contributed by atoms with Gasteiger partial charge in [0.2, 0.25) is 0 Å². The third kappa shape index (κ3) is 5.91. The molecule has 0 saturated carbocycles. The van der Waals surface area contributed by atoms with Crippen LogP contribution in [0.5, 0.6) is 0 Å². The Bertz CT molecular complexity index is 1090. The Morgan fingerprint density at radius 2 is 1.82 bits per heavy atom. The molecule has 18 heteroatoms. The Labute approximate surface area is 190 Å². The zero-order valence-electron chi connectivity index (χ0n) is 17.6. The monoisotopic (exact) mass is 509 g/mol. The molecular weight excluding hydrogens is 485 g/mol. The van der Waals surface area contributed by atoms with E-state index in [1.165, 1.54) is 13.1 Å². The van der Waals surface area contributed by atoms with E-state index in [2.05, 4.69) is 15.0 Å². The first-order valence-corrected chi connectivity index (χ1v) is 11.4. The first-order valence-electron chi connectivity index (χ1n) is 9.95. The number of rotatable bonds is 8. The molecule has 0 bridgehead atoms. The Hall–Kier alpha value is -2.14. The summed E-state index contributed by atoms with van der Waals surface area (Å²) >= 11 is 0. The maximum atomic E-state index is 12.2. The summed E-state index contributed by atoms with van der Waals surface area (Å²) in [5.74, 6) is 0. The van der Waals surface area contributed by atoms with Crippen molar-refractivity contribution in [1.29, 1.82) is 0 Å². The number of aliphatic hydroxyl groups excluding tert-OH is 4. The van der Waals surface area contributed by atoms with Crippen LogP contribution in [0, 0.1) is 6.92 Å². The van der Waals surface area contributed by atoms with Gasteiger partial charge in [0.25, 0.3) is 5.56 Å². The average molecular weight is 509 g/mol. The molecule has 190 valence electrons. The van der Waals surface area contributed by atoms with E-state index in [1.807, 2.05) is 0 Å². The fraction of sp³-hybridized carbons (Fsp3) is 0.750. The smallest absolute Gasteiger partial charge is 0.387 e. The average Bonchev–Trinajstić information content (AvgIpc) is 3.18. The lowest BCUT2D eigenvalue weighted by molar-refractivity contribution is -0.285. The highest BCUT2D eigenvalue weighted by Gasteiger charge is 2.44. The fourth-order valence-electron chi connectivity index (χ4n) is 3.46. The van der Waals surface area contributed by atoms with Gasteiger partial charge in [-0.15, -0.1) is 0 Å². The van der Waals surface area contributed by atoms with Crippen LogP contribution in [0.1, 0.15) is 18.2 Å². The van der Waals surface area contributed by atoms with E-state index in [4.69, 9.17) is 24.1 Å². The van der Waals surface area contributed by atoms with Crippen molar-refractivity contribution in [2.45, 2.75) is 62.4 Å². The van der Waals surface area contributed by atoms with Crippen molar-refractivity contribution in [3.63, 3.8) is 0 Å².